The predicted molar refractivity (Wildman–Crippen MR) is 125 cm³/mol. The first kappa shape index (κ1) is 24.2. The summed E-state index contributed by atoms with van der Waals surface area (Å²) in [4.78, 5) is 18.3. The highest BCUT2D eigenvalue weighted by Crippen LogP contribution is 2.12. The number of carbonyl (C=O) groups excluding carboxylic acids is 1. The summed E-state index contributed by atoms with van der Waals surface area (Å²) in [5.41, 5.74) is 2.85. The highest BCUT2D eigenvalue weighted by Gasteiger charge is 2.07. The second-order valence-corrected chi connectivity index (χ2v) is 7.24. The first-order chi connectivity index (χ1) is 15.0. The van der Waals surface area contributed by atoms with Gasteiger partial charge < -0.3 is 25.0 Å². The van der Waals surface area contributed by atoms with Crippen LogP contribution in [0.15, 0.2) is 53.5 Å². The molecule has 1 amide bonds. The highest BCUT2D eigenvalue weighted by atomic mass is 16.5. The number of hydrogen-bond acceptors (Lipinski definition) is 4. The first-order valence-corrected chi connectivity index (χ1v) is 10.6. The van der Waals surface area contributed by atoms with Crippen LogP contribution < -0.4 is 15.4 Å². The number of nitrogens with one attached hydrogen (secondary N) is 2. The van der Waals surface area contributed by atoms with Gasteiger partial charge in [-0.2, -0.15) is 0 Å². The molecule has 0 spiro atoms. The van der Waals surface area contributed by atoms with Gasteiger partial charge in [-0.05, 0) is 48.7 Å². The monoisotopic (exact) mass is 426 g/mol. The molecule has 0 atom stereocenters. The zero-order valence-electron chi connectivity index (χ0n) is 19.0. The zero-order chi connectivity index (χ0) is 22.5. The van der Waals surface area contributed by atoms with Crippen LogP contribution in [0.25, 0.3) is 0 Å². The Labute approximate surface area is 185 Å². The Bertz CT molecular complexity index is 818. The largest absolute Gasteiger partial charge is 0.497 e. The number of hydrogen-bond donors (Lipinski definition) is 2. The van der Waals surface area contributed by atoms with Crippen molar-refractivity contribution >= 4 is 11.9 Å². The molecular formula is C24H34N4O3. The summed E-state index contributed by atoms with van der Waals surface area (Å²) in [6, 6.07) is 15.5. The molecule has 0 saturated carbocycles. The van der Waals surface area contributed by atoms with E-state index in [2.05, 4.69) is 10.6 Å². The summed E-state index contributed by atoms with van der Waals surface area (Å²) in [7, 11) is 5.16. The number of methoxy groups -OCH3 is 1. The molecular weight excluding hydrogens is 392 g/mol. The molecule has 31 heavy (non-hydrogen) atoms. The van der Waals surface area contributed by atoms with Crippen molar-refractivity contribution in [2.24, 2.45) is 4.99 Å². The fourth-order valence-corrected chi connectivity index (χ4v) is 2.81. The Morgan fingerprint density at radius 3 is 2.29 bits per heavy atom. The highest BCUT2D eigenvalue weighted by molar-refractivity contribution is 5.93. The lowest BCUT2D eigenvalue weighted by molar-refractivity contribution is 0.0827. The second-order valence-electron chi connectivity index (χ2n) is 7.24. The summed E-state index contributed by atoms with van der Waals surface area (Å²) in [6.45, 7) is 5.37. The van der Waals surface area contributed by atoms with Crippen LogP contribution in [0.2, 0.25) is 0 Å². The van der Waals surface area contributed by atoms with Gasteiger partial charge in [-0.3, -0.25) is 4.79 Å². The molecule has 2 rings (SSSR count). The molecule has 0 radical (unpaired) electrons. The molecule has 0 aliphatic rings. The van der Waals surface area contributed by atoms with Crippen molar-refractivity contribution in [2.45, 2.75) is 26.4 Å². The van der Waals surface area contributed by atoms with Crippen molar-refractivity contribution < 1.29 is 14.3 Å². The quantitative estimate of drug-likeness (QED) is 0.328. The van der Waals surface area contributed by atoms with Gasteiger partial charge in [0.25, 0.3) is 5.91 Å². The molecule has 7 nitrogen and oxygen atoms in total. The molecule has 2 aromatic rings. The summed E-state index contributed by atoms with van der Waals surface area (Å²) in [5.74, 6) is 1.56. The van der Waals surface area contributed by atoms with Crippen LogP contribution in [0.5, 0.6) is 5.75 Å². The molecule has 0 unspecified atom stereocenters. The van der Waals surface area contributed by atoms with Gasteiger partial charge in [-0.25, -0.2) is 4.99 Å². The van der Waals surface area contributed by atoms with E-state index in [1.54, 1.807) is 26.1 Å². The fraction of sp³-hybridized carbons (Fsp3) is 0.417. The molecule has 0 aliphatic carbocycles. The van der Waals surface area contributed by atoms with Crippen molar-refractivity contribution in [1.29, 1.82) is 0 Å². The number of nitrogens with zero attached hydrogens (tertiary/aromatic N) is 2. The number of carbonyl (C=O) groups is 1. The third kappa shape index (κ3) is 8.68. The molecule has 0 heterocycles. The topological polar surface area (TPSA) is 75.2 Å². The zero-order valence-corrected chi connectivity index (χ0v) is 19.0. The van der Waals surface area contributed by atoms with E-state index in [0.717, 1.165) is 49.0 Å². The minimum Gasteiger partial charge on any atom is -0.497 e. The molecule has 0 fully saturated rings. The van der Waals surface area contributed by atoms with Crippen LogP contribution in [0.4, 0.5) is 0 Å². The van der Waals surface area contributed by atoms with E-state index in [0.29, 0.717) is 18.7 Å². The molecule has 0 bridgehead atoms. The fourth-order valence-electron chi connectivity index (χ4n) is 2.81. The normalized spacial score (nSPS) is 11.2. The number of guanidine groups is 1. The SMILES string of the molecule is CCOCCCNC(=NCc1ccc(OC)cc1)NCc1ccc(C(=O)N(C)C)cc1. The van der Waals surface area contributed by atoms with Gasteiger partial charge in [0.15, 0.2) is 5.96 Å². The summed E-state index contributed by atoms with van der Waals surface area (Å²) < 4.78 is 10.6. The average Bonchev–Trinajstić information content (AvgIpc) is 2.80. The van der Waals surface area contributed by atoms with Crippen molar-refractivity contribution in [2.75, 3.05) is 41.0 Å². The van der Waals surface area contributed by atoms with E-state index in [9.17, 15) is 4.79 Å². The van der Waals surface area contributed by atoms with Crippen LogP contribution in [0, 0.1) is 0 Å². The molecule has 7 heteroatoms. The van der Waals surface area contributed by atoms with Crippen molar-refractivity contribution in [3.8, 4) is 5.75 Å². The van der Waals surface area contributed by atoms with E-state index < -0.39 is 0 Å². The number of amides is 1. The summed E-state index contributed by atoms with van der Waals surface area (Å²) in [5, 5.41) is 6.73. The molecule has 2 N–H and O–H groups in total. The second kappa shape index (κ2) is 13.3. The van der Waals surface area contributed by atoms with Gasteiger partial charge in [-0.1, -0.05) is 24.3 Å². The molecule has 2 aromatic carbocycles. The lowest BCUT2D eigenvalue weighted by atomic mass is 10.1. The standard InChI is InChI=1S/C24H34N4O3/c1-5-31-16-6-15-25-24(27-18-20-9-13-22(30-4)14-10-20)26-17-19-7-11-21(12-8-19)23(29)28(2)3/h7-14H,5-6,15-18H2,1-4H3,(H2,25,26,27). The number of benzene rings is 2. The summed E-state index contributed by atoms with van der Waals surface area (Å²) >= 11 is 0. The Kier molecular flexibility index (Phi) is 10.4. The maximum absolute atomic E-state index is 12.0. The Morgan fingerprint density at radius 2 is 1.68 bits per heavy atom. The van der Waals surface area contributed by atoms with Gasteiger partial charge in [0, 0.05) is 46.0 Å². The Morgan fingerprint density at radius 1 is 1.00 bits per heavy atom. The molecule has 0 aliphatic heterocycles. The van der Waals surface area contributed by atoms with E-state index in [4.69, 9.17) is 14.5 Å². The molecule has 0 saturated heterocycles. The molecule has 168 valence electrons. The lowest BCUT2D eigenvalue weighted by Gasteiger charge is -2.14. The van der Waals surface area contributed by atoms with Crippen LogP contribution in [0.1, 0.15) is 34.8 Å². The van der Waals surface area contributed by atoms with Crippen LogP contribution in [-0.2, 0) is 17.8 Å². The van der Waals surface area contributed by atoms with Gasteiger partial charge in [0.2, 0.25) is 0 Å². The first-order valence-electron chi connectivity index (χ1n) is 10.6. The number of rotatable bonds is 11. The van der Waals surface area contributed by atoms with Crippen LogP contribution >= 0.6 is 0 Å². The van der Waals surface area contributed by atoms with Gasteiger partial charge in [0.1, 0.15) is 5.75 Å². The van der Waals surface area contributed by atoms with Crippen molar-refractivity contribution in [1.82, 2.24) is 15.5 Å². The number of ether oxygens (including phenoxy) is 2. The minimum absolute atomic E-state index is 0.00258. The van der Waals surface area contributed by atoms with Gasteiger partial charge >= 0.3 is 0 Å². The smallest absolute Gasteiger partial charge is 0.253 e. The maximum Gasteiger partial charge on any atom is 0.253 e. The van der Waals surface area contributed by atoms with Gasteiger partial charge in [-0.15, -0.1) is 0 Å². The third-order valence-corrected chi connectivity index (χ3v) is 4.61. The van der Waals surface area contributed by atoms with E-state index >= 15 is 0 Å². The Balaban J connectivity index is 1.97. The average molecular weight is 427 g/mol. The number of aliphatic imine (C=N–C) groups is 1. The van der Waals surface area contributed by atoms with Crippen molar-refractivity contribution in [3.63, 3.8) is 0 Å². The molecule has 0 aromatic heterocycles. The van der Waals surface area contributed by atoms with Gasteiger partial charge in [0.05, 0.1) is 13.7 Å². The van der Waals surface area contributed by atoms with E-state index in [1.165, 1.54) is 0 Å². The van der Waals surface area contributed by atoms with Crippen LogP contribution in [0.3, 0.4) is 0 Å². The van der Waals surface area contributed by atoms with E-state index in [-0.39, 0.29) is 5.91 Å². The Hall–Kier alpha value is -3.06. The van der Waals surface area contributed by atoms with Crippen LogP contribution in [-0.4, -0.2) is 57.7 Å². The third-order valence-electron chi connectivity index (χ3n) is 4.61. The minimum atomic E-state index is -0.00258. The predicted octanol–water partition coefficient (Wildman–Crippen LogP) is 3.06. The maximum atomic E-state index is 12.0. The van der Waals surface area contributed by atoms with E-state index in [1.807, 2.05) is 55.5 Å². The lowest BCUT2D eigenvalue weighted by Crippen LogP contribution is -2.37. The summed E-state index contributed by atoms with van der Waals surface area (Å²) in [6.07, 6.45) is 0.901. The van der Waals surface area contributed by atoms with Crippen molar-refractivity contribution in [3.05, 3.63) is 65.2 Å².